The first-order chi connectivity index (χ1) is 12.1. The molecule has 0 atom stereocenters. The molecule has 0 bridgehead atoms. The van der Waals surface area contributed by atoms with Crippen molar-refractivity contribution in [2.45, 2.75) is 12.8 Å². The van der Waals surface area contributed by atoms with Crippen LogP contribution in [-0.2, 0) is 11.2 Å². The topological polar surface area (TPSA) is 94.4 Å². The van der Waals surface area contributed by atoms with Gasteiger partial charge in [0.2, 0.25) is 0 Å². The maximum absolute atomic E-state index is 12.5. The molecule has 0 fully saturated rings. The highest BCUT2D eigenvalue weighted by Crippen LogP contribution is 2.27. The number of nitrogens with zero attached hydrogens (tertiary/aromatic N) is 1. The minimum Gasteiger partial charge on any atom is -0.550 e. The average molecular weight is 355 g/mol. The van der Waals surface area contributed by atoms with Crippen molar-refractivity contribution in [3.05, 3.63) is 65.2 Å². The molecule has 0 spiro atoms. The number of carbonyl (C=O) groups is 2. The number of aromatic hydroxyl groups is 1. The third kappa shape index (κ3) is 3.72. The molecule has 2 N–H and O–H groups in total. The highest BCUT2D eigenvalue weighted by Gasteiger charge is 2.16. The number of aliphatic carboxylic acids is 1. The first-order valence-electron chi connectivity index (χ1n) is 7.60. The molecule has 3 aromatic rings. The molecule has 1 aromatic carbocycles. The summed E-state index contributed by atoms with van der Waals surface area (Å²) in [6.07, 6.45) is 0.0646. The number of aryl methyl sites for hydroxylation is 1. The van der Waals surface area contributed by atoms with Gasteiger partial charge in [-0.3, -0.25) is 14.9 Å². The molecule has 2 aromatic heterocycles. The van der Waals surface area contributed by atoms with Crippen LogP contribution in [0.4, 0.5) is 0 Å². The van der Waals surface area contributed by atoms with E-state index in [0.29, 0.717) is 5.69 Å². The molecule has 0 aliphatic rings. The fraction of sp³-hybridized carbons (Fsp3) is 0.111. The number of hydrogen-bond acceptors (Lipinski definition) is 5. The van der Waals surface area contributed by atoms with Crippen LogP contribution in [0, 0.1) is 0 Å². The molecule has 1 amide bonds. The van der Waals surface area contributed by atoms with Crippen molar-refractivity contribution >= 4 is 23.2 Å². The van der Waals surface area contributed by atoms with Gasteiger partial charge in [-0.05, 0) is 48.6 Å². The number of amides is 1. The van der Waals surface area contributed by atoms with Crippen LogP contribution in [0.5, 0.6) is 5.75 Å². The van der Waals surface area contributed by atoms with Crippen molar-refractivity contribution in [2.24, 2.45) is 0 Å². The SMILES string of the molecule is O=C([O-])CCc1ccc(-c2cccs2)n1NC(=O)c1ccccc1O. The van der Waals surface area contributed by atoms with E-state index in [2.05, 4.69) is 5.43 Å². The summed E-state index contributed by atoms with van der Waals surface area (Å²) in [5.41, 5.74) is 4.26. The Morgan fingerprint density at radius 1 is 1.12 bits per heavy atom. The summed E-state index contributed by atoms with van der Waals surface area (Å²) in [5, 5.41) is 22.5. The molecular formula is C18H15N2O4S-. The molecule has 0 saturated heterocycles. The van der Waals surface area contributed by atoms with E-state index >= 15 is 0 Å². The van der Waals surface area contributed by atoms with Gasteiger partial charge in [-0.25, -0.2) is 0 Å². The summed E-state index contributed by atoms with van der Waals surface area (Å²) in [6.45, 7) is 0. The van der Waals surface area contributed by atoms with Crippen LogP contribution in [0.25, 0.3) is 10.6 Å². The van der Waals surface area contributed by atoms with E-state index in [1.165, 1.54) is 23.5 Å². The van der Waals surface area contributed by atoms with E-state index in [9.17, 15) is 19.8 Å². The molecule has 7 heteroatoms. The minimum absolute atomic E-state index is 0.124. The lowest BCUT2D eigenvalue weighted by atomic mass is 10.2. The van der Waals surface area contributed by atoms with Gasteiger partial charge in [-0.2, -0.15) is 0 Å². The standard InChI is InChI=1S/C18H16N2O4S/c21-15-5-2-1-4-13(15)18(24)19-20-12(8-10-17(22)23)7-9-14(20)16-6-3-11-25-16/h1-7,9,11,21H,8,10H2,(H,19,24)(H,22,23)/p-1. The second-order valence-corrected chi connectivity index (χ2v) is 6.30. The van der Waals surface area contributed by atoms with Crippen LogP contribution in [0.3, 0.4) is 0 Å². The van der Waals surface area contributed by atoms with Crippen LogP contribution in [0.2, 0.25) is 0 Å². The second kappa shape index (κ2) is 7.23. The number of rotatable bonds is 6. The molecule has 25 heavy (non-hydrogen) atoms. The van der Waals surface area contributed by atoms with Crippen molar-refractivity contribution in [2.75, 3.05) is 5.43 Å². The molecule has 0 radical (unpaired) electrons. The zero-order valence-corrected chi connectivity index (χ0v) is 14.0. The third-order valence-corrected chi connectivity index (χ3v) is 4.57. The zero-order valence-electron chi connectivity index (χ0n) is 13.1. The number of phenols is 1. The van der Waals surface area contributed by atoms with Crippen LogP contribution in [-0.4, -0.2) is 21.7 Å². The predicted molar refractivity (Wildman–Crippen MR) is 92.9 cm³/mol. The highest BCUT2D eigenvalue weighted by molar-refractivity contribution is 7.13. The second-order valence-electron chi connectivity index (χ2n) is 5.35. The predicted octanol–water partition coefficient (Wildman–Crippen LogP) is 1.99. The Morgan fingerprint density at radius 2 is 1.92 bits per heavy atom. The lowest BCUT2D eigenvalue weighted by molar-refractivity contribution is -0.305. The molecule has 6 nitrogen and oxygen atoms in total. The maximum atomic E-state index is 12.5. The van der Waals surface area contributed by atoms with Crippen molar-refractivity contribution in [3.63, 3.8) is 0 Å². The molecule has 0 aliphatic carbocycles. The Hall–Kier alpha value is -3.06. The summed E-state index contributed by atoms with van der Waals surface area (Å²) in [4.78, 5) is 24.2. The summed E-state index contributed by atoms with van der Waals surface area (Å²) in [6, 6.07) is 13.6. The lowest BCUT2D eigenvalue weighted by Gasteiger charge is -2.15. The van der Waals surface area contributed by atoms with E-state index in [1.807, 2.05) is 23.6 Å². The Morgan fingerprint density at radius 3 is 2.60 bits per heavy atom. The number of hydrogen-bond donors (Lipinski definition) is 2. The molecule has 128 valence electrons. The fourth-order valence-electron chi connectivity index (χ4n) is 2.48. The normalized spacial score (nSPS) is 10.6. The van der Waals surface area contributed by atoms with Gasteiger partial charge in [0.05, 0.1) is 16.1 Å². The molecule has 0 saturated carbocycles. The largest absolute Gasteiger partial charge is 0.550 e. The van der Waals surface area contributed by atoms with Gasteiger partial charge in [-0.15, -0.1) is 11.3 Å². The van der Waals surface area contributed by atoms with E-state index in [0.717, 1.165) is 10.6 Å². The van der Waals surface area contributed by atoms with Crippen molar-refractivity contribution < 1.29 is 19.8 Å². The molecule has 0 unspecified atom stereocenters. The number of thiophene rings is 1. The number of carboxylic acids is 1. The Labute approximate surface area is 147 Å². The smallest absolute Gasteiger partial charge is 0.273 e. The Bertz CT molecular complexity index is 900. The van der Waals surface area contributed by atoms with E-state index in [1.54, 1.807) is 22.9 Å². The third-order valence-electron chi connectivity index (χ3n) is 3.68. The quantitative estimate of drug-likeness (QED) is 0.707. The van der Waals surface area contributed by atoms with E-state index in [-0.39, 0.29) is 24.2 Å². The molecule has 3 rings (SSSR count). The van der Waals surface area contributed by atoms with Gasteiger partial charge in [0.15, 0.2) is 0 Å². The first kappa shape index (κ1) is 16.8. The fourth-order valence-corrected chi connectivity index (χ4v) is 3.22. The lowest BCUT2D eigenvalue weighted by Crippen LogP contribution is -2.27. The van der Waals surface area contributed by atoms with Gasteiger partial charge in [0.25, 0.3) is 5.91 Å². The number of phenolic OH excluding ortho intramolecular Hbond substituents is 1. The summed E-state index contributed by atoms with van der Waals surface area (Å²) in [5.74, 6) is -1.76. The summed E-state index contributed by atoms with van der Waals surface area (Å²) >= 11 is 1.50. The van der Waals surface area contributed by atoms with Gasteiger partial charge in [0, 0.05) is 11.7 Å². The van der Waals surface area contributed by atoms with Crippen molar-refractivity contribution in [1.82, 2.24) is 4.68 Å². The van der Waals surface area contributed by atoms with Crippen LogP contribution in [0.15, 0.2) is 53.9 Å². The van der Waals surface area contributed by atoms with Crippen molar-refractivity contribution in [1.29, 1.82) is 0 Å². The highest BCUT2D eigenvalue weighted by atomic mass is 32.1. The Balaban J connectivity index is 1.94. The van der Waals surface area contributed by atoms with Gasteiger partial charge in [0.1, 0.15) is 5.75 Å². The maximum Gasteiger partial charge on any atom is 0.273 e. The summed E-state index contributed by atoms with van der Waals surface area (Å²) < 4.78 is 1.56. The molecule has 2 heterocycles. The Kier molecular flexibility index (Phi) is 4.85. The average Bonchev–Trinajstić information content (AvgIpc) is 3.23. The number of aromatic nitrogens is 1. The summed E-state index contributed by atoms with van der Waals surface area (Å²) in [7, 11) is 0. The number of benzene rings is 1. The van der Waals surface area contributed by atoms with Crippen LogP contribution in [0.1, 0.15) is 22.5 Å². The van der Waals surface area contributed by atoms with Gasteiger partial charge < -0.3 is 15.0 Å². The number of carboxylic acid groups (broad SMARTS) is 1. The monoisotopic (exact) mass is 355 g/mol. The van der Waals surface area contributed by atoms with E-state index in [4.69, 9.17) is 0 Å². The van der Waals surface area contributed by atoms with Gasteiger partial charge >= 0.3 is 0 Å². The van der Waals surface area contributed by atoms with Crippen LogP contribution >= 0.6 is 11.3 Å². The molecule has 0 aliphatic heterocycles. The van der Waals surface area contributed by atoms with Crippen LogP contribution < -0.4 is 10.5 Å². The number of nitrogens with one attached hydrogen (secondary N) is 1. The minimum atomic E-state index is -1.16. The number of carbonyl (C=O) groups excluding carboxylic acids is 2. The zero-order chi connectivity index (χ0) is 17.8. The van der Waals surface area contributed by atoms with Gasteiger partial charge in [-0.1, -0.05) is 18.2 Å². The molecular weight excluding hydrogens is 340 g/mol. The van der Waals surface area contributed by atoms with Crippen molar-refractivity contribution in [3.8, 4) is 16.3 Å². The van der Waals surface area contributed by atoms with E-state index < -0.39 is 11.9 Å². The number of para-hydroxylation sites is 1. The first-order valence-corrected chi connectivity index (χ1v) is 8.48.